The first-order valence-electron chi connectivity index (χ1n) is 8.81. The predicted molar refractivity (Wildman–Crippen MR) is 112 cm³/mol. The molecule has 3 rings (SSSR count). The number of methoxy groups -OCH3 is 1. The predicted octanol–water partition coefficient (Wildman–Crippen LogP) is 5.20. The molecule has 0 unspecified atom stereocenters. The summed E-state index contributed by atoms with van der Waals surface area (Å²) in [5, 5.41) is 6.28. The number of nitrogens with one attached hydrogen (secondary N) is 2. The van der Waals surface area contributed by atoms with Gasteiger partial charge in [0.05, 0.1) is 34.8 Å². The third-order valence-electron chi connectivity index (χ3n) is 4.36. The van der Waals surface area contributed by atoms with Crippen molar-refractivity contribution in [1.82, 2.24) is 9.97 Å². The maximum absolute atomic E-state index is 13.4. The third kappa shape index (κ3) is 4.63. The van der Waals surface area contributed by atoms with Crippen LogP contribution in [0.1, 0.15) is 27.3 Å². The number of aromatic nitrogens is 2. The van der Waals surface area contributed by atoms with Gasteiger partial charge in [-0.2, -0.15) is 0 Å². The minimum Gasteiger partial charge on any atom is -0.481 e. The second-order valence-electron chi connectivity index (χ2n) is 6.48. The van der Waals surface area contributed by atoms with Crippen LogP contribution in [0.15, 0.2) is 36.4 Å². The van der Waals surface area contributed by atoms with E-state index >= 15 is 0 Å². The van der Waals surface area contributed by atoms with Gasteiger partial charge < -0.3 is 15.4 Å². The maximum atomic E-state index is 13.4. The van der Waals surface area contributed by atoms with Crippen LogP contribution >= 0.6 is 11.6 Å². The van der Waals surface area contributed by atoms with Crippen molar-refractivity contribution in [2.75, 3.05) is 17.7 Å². The molecule has 0 aliphatic rings. The first kappa shape index (κ1) is 20.5. The van der Waals surface area contributed by atoms with E-state index in [9.17, 15) is 9.18 Å². The van der Waals surface area contributed by atoms with Gasteiger partial charge in [0.15, 0.2) is 0 Å². The molecule has 0 spiro atoms. The molecule has 2 aromatic heterocycles. The number of amides is 1. The number of ether oxygens (including phenoxy) is 1. The van der Waals surface area contributed by atoms with Crippen molar-refractivity contribution in [2.45, 2.75) is 20.8 Å². The summed E-state index contributed by atoms with van der Waals surface area (Å²) in [6, 6.07) is 9.24. The molecule has 0 atom stereocenters. The third-order valence-corrected chi connectivity index (χ3v) is 4.74. The number of benzene rings is 1. The number of hydrogen-bond donors (Lipinski definition) is 2. The van der Waals surface area contributed by atoms with Gasteiger partial charge in [0, 0.05) is 11.8 Å². The molecule has 0 radical (unpaired) electrons. The number of pyridine rings is 2. The van der Waals surface area contributed by atoms with Crippen LogP contribution in [0.5, 0.6) is 5.88 Å². The van der Waals surface area contributed by atoms with E-state index in [1.54, 1.807) is 45.0 Å². The molecule has 0 bridgehead atoms. The lowest BCUT2D eigenvalue weighted by atomic mass is 10.1. The average Bonchev–Trinajstić information content (AvgIpc) is 2.68. The van der Waals surface area contributed by atoms with Crippen molar-refractivity contribution in [3.8, 4) is 5.88 Å². The van der Waals surface area contributed by atoms with Crippen LogP contribution in [0.25, 0.3) is 0 Å². The molecule has 8 heteroatoms. The smallest absolute Gasteiger partial charge is 0.259 e. The van der Waals surface area contributed by atoms with Gasteiger partial charge in [0.1, 0.15) is 11.6 Å². The Bertz CT molecular complexity index is 1090. The van der Waals surface area contributed by atoms with Gasteiger partial charge in [-0.1, -0.05) is 11.6 Å². The Labute approximate surface area is 173 Å². The van der Waals surface area contributed by atoms with Crippen molar-refractivity contribution in [2.24, 2.45) is 0 Å². The molecule has 0 fully saturated rings. The van der Waals surface area contributed by atoms with E-state index in [2.05, 4.69) is 20.6 Å². The Hall–Kier alpha value is -3.19. The molecule has 3 aromatic rings. The van der Waals surface area contributed by atoms with E-state index in [0.717, 1.165) is 0 Å². The largest absolute Gasteiger partial charge is 0.481 e. The molecule has 6 nitrogen and oxygen atoms in total. The minimum atomic E-state index is -0.406. The Morgan fingerprint density at radius 3 is 2.41 bits per heavy atom. The summed E-state index contributed by atoms with van der Waals surface area (Å²) < 4.78 is 18.5. The average molecular weight is 415 g/mol. The van der Waals surface area contributed by atoms with Gasteiger partial charge in [-0.3, -0.25) is 4.79 Å². The van der Waals surface area contributed by atoms with Gasteiger partial charge in [-0.25, -0.2) is 14.4 Å². The number of hydrogen-bond acceptors (Lipinski definition) is 5. The molecule has 2 N–H and O–H groups in total. The van der Waals surface area contributed by atoms with Gasteiger partial charge in [-0.15, -0.1) is 0 Å². The fourth-order valence-electron chi connectivity index (χ4n) is 2.72. The second kappa shape index (κ2) is 8.45. The van der Waals surface area contributed by atoms with E-state index in [4.69, 9.17) is 16.3 Å². The van der Waals surface area contributed by atoms with Crippen LogP contribution in [0.4, 0.5) is 21.6 Å². The number of carbonyl (C=O) groups is 1. The molecule has 0 aliphatic carbocycles. The van der Waals surface area contributed by atoms with Gasteiger partial charge in [-0.05, 0) is 56.7 Å². The van der Waals surface area contributed by atoms with Crippen LogP contribution in [0.2, 0.25) is 5.02 Å². The highest BCUT2D eigenvalue weighted by Crippen LogP contribution is 2.27. The fourth-order valence-corrected chi connectivity index (χ4v) is 2.87. The number of carbonyl (C=O) groups excluding carboxylic acids is 1. The summed E-state index contributed by atoms with van der Waals surface area (Å²) in [4.78, 5) is 21.6. The zero-order chi connectivity index (χ0) is 21.1. The van der Waals surface area contributed by atoms with E-state index in [-0.39, 0.29) is 11.4 Å². The molecular formula is C21H20ClFN4O2. The van der Waals surface area contributed by atoms with Crippen LogP contribution in [0.3, 0.4) is 0 Å². The highest BCUT2D eigenvalue weighted by Gasteiger charge is 2.18. The number of anilines is 3. The fraction of sp³-hybridized carbons (Fsp3) is 0.190. The first-order chi connectivity index (χ1) is 13.8. The van der Waals surface area contributed by atoms with Gasteiger partial charge in [0.25, 0.3) is 5.91 Å². The summed E-state index contributed by atoms with van der Waals surface area (Å²) in [7, 11) is 1.52. The molecule has 0 saturated heterocycles. The quantitative estimate of drug-likeness (QED) is 0.600. The number of rotatable bonds is 5. The molecular weight excluding hydrogens is 395 g/mol. The molecule has 0 saturated carbocycles. The van der Waals surface area contributed by atoms with E-state index < -0.39 is 5.91 Å². The maximum Gasteiger partial charge on any atom is 0.259 e. The van der Waals surface area contributed by atoms with Crippen molar-refractivity contribution < 1.29 is 13.9 Å². The lowest BCUT2D eigenvalue weighted by Gasteiger charge is -2.15. The second-order valence-corrected chi connectivity index (χ2v) is 6.88. The molecule has 1 amide bonds. The summed E-state index contributed by atoms with van der Waals surface area (Å²) in [5.74, 6) is 0.0263. The Morgan fingerprint density at radius 2 is 1.76 bits per heavy atom. The summed E-state index contributed by atoms with van der Waals surface area (Å²) >= 11 is 6.21. The molecule has 29 heavy (non-hydrogen) atoms. The molecule has 1 aromatic carbocycles. The van der Waals surface area contributed by atoms with Crippen molar-refractivity contribution >= 4 is 34.7 Å². The van der Waals surface area contributed by atoms with Crippen molar-refractivity contribution in [3.63, 3.8) is 0 Å². The molecule has 150 valence electrons. The lowest BCUT2D eigenvalue weighted by molar-refractivity contribution is 0.102. The summed E-state index contributed by atoms with van der Waals surface area (Å²) in [6.45, 7) is 5.27. The van der Waals surface area contributed by atoms with E-state index in [1.807, 2.05) is 0 Å². The monoisotopic (exact) mass is 414 g/mol. The van der Waals surface area contributed by atoms with Gasteiger partial charge >= 0.3 is 0 Å². The van der Waals surface area contributed by atoms with Crippen molar-refractivity contribution in [3.05, 3.63) is 69.8 Å². The molecule has 0 aliphatic heterocycles. The standard InChI is InChI=1S/C21H20ClFN4O2/c1-11-9-14(23)5-6-17(11)26-20-15(10-16(22)12(2)25-20)21(28)27-18-7-8-19(29-4)24-13(18)3/h5-10H,1-4H3,(H,25,26)(H,27,28). The summed E-state index contributed by atoms with van der Waals surface area (Å²) in [5.41, 5.74) is 3.27. The highest BCUT2D eigenvalue weighted by atomic mass is 35.5. The Morgan fingerprint density at radius 1 is 1.03 bits per heavy atom. The zero-order valence-corrected chi connectivity index (χ0v) is 17.2. The van der Waals surface area contributed by atoms with E-state index in [0.29, 0.717) is 45.0 Å². The van der Waals surface area contributed by atoms with Gasteiger partial charge in [0.2, 0.25) is 5.88 Å². The Balaban J connectivity index is 1.95. The van der Waals surface area contributed by atoms with Crippen LogP contribution in [0, 0.1) is 26.6 Å². The molecule has 2 heterocycles. The Kier molecular flexibility index (Phi) is 5.98. The van der Waals surface area contributed by atoms with Crippen molar-refractivity contribution in [1.29, 1.82) is 0 Å². The first-order valence-corrected chi connectivity index (χ1v) is 9.19. The zero-order valence-electron chi connectivity index (χ0n) is 16.4. The number of aryl methyl sites for hydroxylation is 3. The normalized spacial score (nSPS) is 10.6. The van der Waals surface area contributed by atoms with Crippen LogP contribution < -0.4 is 15.4 Å². The topological polar surface area (TPSA) is 76.1 Å². The van der Waals surface area contributed by atoms with Crippen LogP contribution in [-0.2, 0) is 0 Å². The minimum absolute atomic E-state index is 0.250. The highest BCUT2D eigenvalue weighted by molar-refractivity contribution is 6.31. The van der Waals surface area contributed by atoms with E-state index in [1.165, 1.54) is 19.2 Å². The number of halogens is 2. The lowest BCUT2D eigenvalue weighted by Crippen LogP contribution is -2.16. The van der Waals surface area contributed by atoms with Crippen LogP contribution in [-0.4, -0.2) is 23.0 Å². The number of nitrogens with zero attached hydrogens (tertiary/aromatic N) is 2. The SMILES string of the molecule is COc1ccc(NC(=O)c2cc(Cl)c(C)nc2Nc2ccc(F)cc2C)c(C)n1. The summed E-state index contributed by atoms with van der Waals surface area (Å²) in [6.07, 6.45) is 0.